The smallest absolute Gasteiger partial charge is 0.165 e. The molecule has 0 saturated heterocycles. The first-order chi connectivity index (χ1) is 9.52. The standard InChI is InChI=1S/C15H18FN3O/c1-4-7-17-14-9(2)10(3)18-15(19-14)11-5-6-13(20)12(16)8-11/h5-6,8,20H,4,7H2,1-3H3,(H,17,18,19). The number of benzene rings is 1. The number of phenols is 1. The maximum atomic E-state index is 13.4. The van der Waals surface area contributed by atoms with Crippen LogP contribution < -0.4 is 5.32 Å². The van der Waals surface area contributed by atoms with Gasteiger partial charge in [0, 0.05) is 23.4 Å². The molecule has 5 heteroatoms. The normalized spacial score (nSPS) is 10.6. The van der Waals surface area contributed by atoms with Gasteiger partial charge in [-0.1, -0.05) is 6.92 Å². The number of aromatic nitrogens is 2. The molecule has 1 aromatic carbocycles. The fraction of sp³-hybridized carbons (Fsp3) is 0.333. The van der Waals surface area contributed by atoms with E-state index in [1.54, 1.807) is 6.07 Å². The van der Waals surface area contributed by atoms with Crippen LogP contribution >= 0.6 is 0 Å². The van der Waals surface area contributed by atoms with Gasteiger partial charge < -0.3 is 10.4 Å². The Labute approximate surface area is 117 Å². The third kappa shape index (κ3) is 2.87. The summed E-state index contributed by atoms with van der Waals surface area (Å²) in [4.78, 5) is 8.82. The molecule has 1 aromatic heterocycles. The van der Waals surface area contributed by atoms with Gasteiger partial charge in [-0.15, -0.1) is 0 Å². The zero-order valence-corrected chi connectivity index (χ0v) is 11.9. The van der Waals surface area contributed by atoms with Gasteiger partial charge in [-0.2, -0.15) is 0 Å². The third-order valence-corrected chi connectivity index (χ3v) is 3.14. The lowest BCUT2D eigenvalue weighted by Gasteiger charge is -2.12. The van der Waals surface area contributed by atoms with Crippen molar-refractivity contribution in [3.8, 4) is 17.1 Å². The Balaban J connectivity index is 2.45. The highest BCUT2D eigenvalue weighted by atomic mass is 19.1. The molecule has 0 spiro atoms. The summed E-state index contributed by atoms with van der Waals surface area (Å²) < 4.78 is 13.4. The Morgan fingerprint density at radius 2 is 2.00 bits per heavy atom. The van der Waals surface area contributed by atoms with E-state index < -0.39 is 5.82 Å². The van der Waals surface area contributed by atoms with Gasteiger partial charge in [-0.3, -0.25) is 0 Å². The molecule has 2 N–H and O–H groups in total. The van der Waals surface area contributed by atoms with Crippen molar-refractivity contribution in [2.45, 2.75) is 27.2 Å². The first kappa shape index (κ1) is 14.2. The summed E-state index contributed by atoms with van der Waals surface area (Å²) in [5.41, 5.74) is 2.38. The van der Waals surface area contributed by atoms with E-state index in [2.05, 4.69) is 22.2 Å². The molecule has 2 aromatic rings. The number of nitrogens with one attached hydrogen (secondary N) is 1. The molecule has 0 fully saturated rings. The Kier molecular flexibility index (Phi) is 4.17. The summed E-state index contributed by atoms with van der Waals surface area (Å²) in [6, 6.07) is 4.15. The molecule has 0 bridgehead atoms. The van der Waals surface area contributed by atoms with Crippen molar-refractivity contribution in [1.29, 1.82) is 0 Å². The van der Waals surface area contributed by atoms with E-state index in [4.69, 9.17) is 0 Å². The lowest BCUT2D eigenvalue weighted by atomic mass is 10.1. The van der Waals surface area contributed by atoms with Gasteiger partial charge in [-0.25, -0.2) is 14.4 Å². The number of aromatic hydroxyl groups is 1. The van der Waals surface area contributed by atoms with Crippen LogP contribution in [0.25, 0.3) is 11.4 Å². The van der Waals surface area contributed by atoms with Gasteiger partial charge in [0.05, 0.1) is 0 Å². The number of hydrogen-bond acceptors (Lipinski definition) is 4. The van der Waals surface area contributed by atoms with Gasteiger partial charge in [0.25, 0.3) is 0 Å². The van der Waals surface area contributed by atoms with Gasteiger partial charge in [0.2, 0.25) is 0 Å². The van der Waals surface area contributed by atoms with Gasteiger partial charge >= 0.3 is 0 Å². The van der Waals surface area contributed by atoms with Crippen molar-refractivity contribution in [2.75, 3.05) is 11.9 Å². The van der Waals surface area contributed by atoms with E-state index in [-0.39, 0.29) is 5.75 Å². The highest BCUT2D eigenvalue weighted by Crippen LogP contribution is 2.25. The molecule has 0 aliphatic rings. The van der Waals surface area contributed by atoms with Crippen molar-refractivity contribution in [3.63, 3.8) is 0 Å². The molecule has 0 amide bonds. The van der Waals surface area contributed by atoms with E-state index >= 15 is 0 Å². The number of phenolic OH excluding ortho intramolecular Hbond substituents is 1. The maximum Gasteiger partial charge on any atom is 0.165 e. The molecule has 0 atom stereocenters. The molecule has 0 radical (unpaired) electrons. The average molecular weight is 275 g/mol. The van der Waals surface area contributed by atoms with Crippen LogP contribution in [0.3, 0.4) is 0 Å². The van der Waals surface area contributed by atoms with Gasteiger partial charge in [-0.05, 0) is 38.5 Å². The van der Waals surface area contributed by atoms with Crippen LogP contribution in [-0.2, 0) is 0 Å². The van der Waals surface area contributed by atoms with E-state index in [1.807, 2.05) is 13.8 Å². The fourth-order valence-electron chi connectivity index (χ4n) is 1.82. The summed E-state index contributed by atoms with van der Waals surface area (Å²) in [6.07, 6.45) is 0.992. The van der Waals surface area contributed by atoms with Crippen LogP contribution in [0.4, 0.5) is 10.2 Å². The van der Waals surface area contributed by atoms with Crippen LogP contribution in [0, 0.1) is 19.7 Å². The van der Waals surface area contributed by atoms with Crippen molar-refractivity contribution in [3.05, 3.63) is 35.3 Å². The summed E-state index contributed by atoms with van der Waals surface area (Å²) in [7, 11) is 0. The summed E-state index contributed by atoms with van der Waals surface area (Å²) >= 11 is 0. The molecule has 0 aliphatic carbocycles. The lowest BCUT2D eigenvalue weighted by molar-refractivity contribution is 0.432. The van der Waals surface area contributed by atoms with E-state index in [0.717, 1.165) is 30.0 Å². The second-order valence-electron chi connectivity index (χ2n) is 4.70. The number of anilines is 1. The molecule has 0 saturated carbocycles. The molecule has 106 valence electrons. The minimum Gasteiger partial charge on any atom is -0.505 e. The van der Waals surface area contributed by atoms with Crippen LogP contribution in [0.1, 0.15) is 24.6 Å². The number of rotatable bonds is 4. The predicted molar refractivity (Wildman–Crippen MR) is 77.3 cm³/mol. The van der Waals surface area contributed by atoms with Crippen LogP contribution in [0.5, 0.6) is 5.75 Å². The van der Waals surface area contributed by atoms with E-state index in [9.17, 15) is 9.50 Å². The zero-order valence-electron chi connectivity index (χ0n) is 11.9. The first-order valence-electron chi connectivity index (χ1n) is 6.61. The average Bonchev–Trinajstić information content (AvgIpc) is 2.43. The minimum atomic E-state index is -0.674. The summed E-state index contributed by atoms with van der Waals surface area (Å²) in [6.45, 7) is 6.75. The quantitative estimate of drug-likeness (QED) is 0.897. The van der Waals surface area contributed by atoms with Crippen LogP contribution in [0.2, 0.25) is 0 Å². The number of nitrogens with zero attached hydrogens (tertiary/aromatic N) is 2. The monoisotopic (exact) mass is 275 g/mol. The molecule has 20 heavy (non-hydrogen) atoms. The van der Waals surface area contributed by atoms with Gasteiger partial charge in [0.15, 0.2) is 17.4 Å². The zero-order chi connectivity index (χ0) is 14.7. The number of halogens is 1. The Bertz CT molecular complexity index is 629. The topological polar surface area (TPSA) is 58.0 Å². The Morgan fingerprint density at radius 1 is 1.25 bits per heavy atom. The predicted octanol–water partition coefficient (Wildman–Crippen LogP) is 3.43. The lowest BCUT2D eigenvalue weighted by Crippen LogP contribution is -2.07. The maximum absolute atomic E-state index is 13.4. The number of hydrogen-bond donors (Lipinski definition) is 2. The van der Waals surface area contributed by atoms with E-state index in [1.165, 1.54) is 12.1 Å². The Morgan fingerprint density at radius 3 is 2.65 bits per heavy atom. The van der Waals surface area contributed by atoms with Crippen LogP contribution in [0.15, 0.2) is 18.2 Å². The SMILES string of the molecule is CCCNc1nc(-c2ccc(O)c(F)c2)nc(C)c1C. The molecule has 1 heterocycles. The van der Waals surface area contributed by atoms with Crippen molar-refractivity contribution in [2.24, 2.45) is 0 Å². The second kappa shape index (κ2) is 5.86. The third-order valence-electron chi connectivity index (χ3n) is 3.14. The molecule has 2 rings (SSSR count). The second-order valence-corrected chi connectivity index (χ2v) is 4.70. The van der Waals surface area contributed by atoms with Gasteiger partial charge in [0.1, 0.15) is 5.82 Å². The summed E-state index contributed by atoms with van der Waals surface area (Å²) in [5, 5.41) is 12.5. The number of aryl methyl sites for hydroxylation is 1. The van der Waals surface area contributed by atoms with E-state index in [0.29, 0.717) is 11.4 Å². The fourth-order valence-corrected chi connectivity index (χ4v) is 1.82. The molecular formula is C15H18FN3O. The Hall–Kier alpha value is -2.17. The van der Waals surface area contributed by atoms with Crippen molar-refractivity contribution < 1.29 is 9.50 Å². The van der Waals surface area contributed by atoms with Crippen molar-refractivity contribution >= 4 is 5.82 Å². The highest BCUT2D eigenvalue weighted by Gasteiger charge is 2.11. The minimum absolute atomic E-state index is 0.373. The first-order valence-corrected chi connectivity index (χ1v) is 6.61. The molecule has 0 aliphatic heterocycles. The van der Waals surface area contributed by atoms with Crippen LogP contribution in [-0.4, -0.2) is 21.6 Å². The molecule has 4 nitrogen and oxygen atoms in total. The molecule has 0 unspecified atom stereocenters. The largest absolute Gasteiger partial charge is 0.505 e. The highest BCUT2D eigenvalue weighted by molar-refractivity contribution is 5.60. The molecular weight excluding hydrogens is 257 g/mol. The van der Waals surface area contributed by atoms with Crippen molar-refractivity contribution in [1.82, 2.24) is 9.97 Å². The summed E-state index contributed by atoms with van der Waals surface area (Å²) in [5.74, 6) is 0.169.